The Kier molecular flexibility index (Phi) is 5.19. The van der Waals surface area contributed by atoms with Gasteiger partial charge in [-0.3, -0.25) is 0 Å². The second-order valence-electron chi connectivity index (χ2n) is 5.24. The van der Waals surface area contributed by atoms with E-state index in [1.807, 2.05) is 0 Å². The van der Waals surface area contributed by atoms with Gasteiger partial charge in [-0.2, -0.15) is 0 Å². The molecule has 0 bridgehead atoms. The lowest BCUT2D eigenvalue weighted by Crippen LogP contribution is -2.09. The number of aliphatic hydroxyl groups is 1. The summed E-state index contributed by atoms with van der Waals surface area (Å²) in [5.74, 6) is 0.449. The van der Waals surface area contributed by atoms with Crippen molar-refractivity contribution in [3.05, 3.63) is 34.1 Å². The summed E-state index contributed by atoms with van der Waals surface area (Å²) in [7, 11) is 0. The van der Waals surface area contributed by atoms with Gasteiger partial charge in [0.15, 0.2) is 0 Å². The van der Waals surface area contributed by atoms with E-state index in [2.05, 4.69) is 15.9 Å². The van der Waals surface area contributed by atoms with Crippen LogP contribution in [0.3, 0.4) is 0 Å². The van der Waals surface area contributed by atoms with Crippen LogP contribution in [-0.4, -0.2) is 5.11 Å². The topological polar surface area (TPSA) is 20.2 Å². The highest BCUT2D eigenvalue weighted by Gasteiger charge is 2.18. The highest BCUT2D eigenvalue weighted by molar-refractivity contribution is 9.10. The van der Waals surface area contributed by atoms with Gasteiger partial charge >= 0.3 is 0 Å². The van der Waals surface area contributed by atoms with Crippen molar-refractivity contribution in [1.29, 1.82) is 0 Å². The van der Waals surface area contributed by atoms with E-state index >= 15 is 0 Å². The second kappa shape index (κ2) is 6.67. The predicted octanol–water partition coefficient (Wildman–Crippen LogP) is 4.98. The summed E-state index contributed by atoms with van der Waals surface area (Å²) in [6.45, 7) is 0. The third kappa shape index (κ3) is 3.55. The van der Waals surface area contributed by atoms with Crippen LogP contribution in [0.1, 0.15) is 56.6 Å². The van der Waals surface area contributed by atoms with Crippen molar-refractivity contribution >= 4 is 15.9 Å². The van der Waals surface area contributed by atoms with Crippen molar-refractivity contribution in [2.45, 2.75) is 51.0 Å². The Bertz CT molecular complexity index is 388. The monoisotopic (exact) mass is 314 g/mol. The van der Waals surface area contributed by atoms with Gasteiger partial charge in [-0.25, -0.2) is 4.39 Å². The van der Waals surface area contributed by atoms with Crippen LogP contribution in [0.5, 0.6) is 0 Å². The summed E-state index contributed by atoms with van der Waals surface area (Å²) in [6.07, 6.45) is 7.80. The maximum absolute atomic E-state index is 13.4. The highest BCUT2D eigenvalue weighted by atomic mass is 79.9. The fourth-order valence-corrected chi connectivity index (χ4v) is 3.33. The van der Waals surface area contributed by atoms with Crippen LogP contribution in [-0.2, 0) is 0 Å². The standard InChI is InChI=1S/C15H20BrFO/c16-15-12(7-4-8-13(15)17)14(18)10-9-11-5-2-1-3-6-11/h4,7-8,11,14,18H,1-3,5-6,9-10H2. The van der Waals surface area contributed by atoms with Crippen molar-refractivity contribution in [1.82, 2.24) is 0 Å². The molecule has 1 saturated carbocycles. The molecule has 1 N–H and O–H groups in total. The van der Waals surface area contributed by atoms with Crippen molar-refractivity contribution < 1.29 is 9.50 Å². The van der Waals surface area contributed by atoms with E-state index in [4.69, 9.17) is 0 Å². The molecule has 1 aliphatic carbocycles. The predicted molar refractivity (Wildman–Crippen MR) is 74.9 cm³/mol. The summed E-state index contributed by atoms with van der Waals surface area (Å²) in [5.41, 5.74) is 0.672. The number of benzene rings is 1. The smallest absolute Gasteiger partial charge is 0.137 e. The summed E-state index contributed by atoms with van der Waals surface area (Å²) in [6, 6.07) is 4.85. The number of hydrogen-bond donors (Lipinski definition) is 1. The van der Waals surface area contributed by atoms with Crippen LogP contribution < -0.4 is 0 Å². The lowest BCUT2D eigenvalue weighted by Gasteiger charge is -2.23. The van der Waals surface area contributed by atoms with E-state index in [-0.39, 0.29) is 5.82 Å². The zero-order valence-corrected chi connectivity index (χ0v) is 12.1. The van der Waals surface area contributed by atoms with Gasteiger partial charge < -0.3 is 5.11 Å². The van der Waals surface area contributed by atoms with E-state index in [9.17, 15) is 9.50 Å². The molecule has 100 valence electrons. The van der Waals surface area contributed by atoms with E-state index in [1.165, 1.54) is 38.2 Å². The molecular weight excluding hydrogens is 295 g/mol. The highest BCUT2D eigenvalue weighted by Crippen LogP contribution is 2.33. The third-order valence-corrected chi connectivity index (χ3v) is 4.75. The molecule has 3 heteroatoms. The molecule has 1 unspecified atom stereocenters. The average Bonchev–Trinajstić information content (AvgIpc) is 2.40. The number of hydrogen-bond acceptors (Lipinski definition) is 1. The van der Waals surface area contributed by atoms with Crippen molar-refractivity contribution in [2.75, 3.05) is 0 Å². The molecule has 0 spiro atoms. The largest absolute Gasteiger partial charge is 0.388 e. The maximum Gasteiger partial charge on any atom is 0.137 e. The number of rotatable bonds is 4. The van der Waals surface area contributed by atoms with Crippen molar-refractivity contribution in [3.63, 3.8) is 0 Å². The Labute approximate surface area is 117 Å². The van der Waals surface area contributed by atoms with Crippen LogP contribution in [0.2, 0.25) is 0 Å². The molecule has 1 aromatic rings. The lowest BCUT2D eigenvalue weighted by atomic mass is 9.85. The molecule has 0 radical (unpaired) electrons. The minimum absolute atomic E-state index is 0.302. The Hall–Kier alpha value is -0.410. The van der Waals surface area contributed by atoms with Crippen LogP contribution in [0.4, 0.5) is 4.39 Å². The van der Waals surface area contributed by atoms with Gasteiger partial charge in [-0.15, -0.1) is 0 Å². The molecule has 18 heavy (non-hydrogen) atoms. The summed E-state index contributed by atoms with van der Waals surface area (Å²) < 4.78 is 13.8. The minimum Gasteiger partial charge on any atom is -0.388 e. The molecule has 1 aliphatic rings. The summed E-state index contributed by atoms with van der Waals surface area (Å²) >= 11 is 3.21. The first-order valence-corrected chi connectivity index (χ1v) is 7.59. The van der Waals surface area contributed by atoms with Crippen LogP contribution in [0, 0.1) is 11.7 Å². The average molecular weight is 315 g/mol. The Morgan fingerprint density at radius 3 is 2.72 bits per heavy atom. The van der Waals surface area contributed by atoms with Gasteiger partial charge in [-0.05, 0) is 46.3 Å². The quantitative estimate of drug-likeness (QED) is 0.830. The molecule has 1 nitrogen and oxygen atoms in total. The first-order chi connectivity index (χ1) is 8.68. The Morgan fingerprint density at radius 1 is 1.28 bits per heavy atom. The molecule has 1 aromatic carbocycles. The van der Waals surface area contributed by atoms with Gasteiger partial charge in [0.25, 0.3) is 0 Å². The second-order valence-corrected chi connectivity index (χ2v) is 6.03. The first kappa shape index (κ1) is 14.0. The van der Waals surface area contributed by atoms with E-state index in [0.717, 1.165) is 18.8 Å². The van der Waals surface area contributed by atoms with E-state index in [0.29, 0.717) is 10.0 Å². The normalized spacial score (nSPS) is 18.8. The Balaban J connectivity index is 1.90. The third-order valence-electron chi connectivity index (χ3n) is 3.91. The van der Waals surface area contributed by atoms with Gasteiger partial charge in [0, 0.05) is 0 Å². The lowest BCUT2D eigenvalue weighted by molar-refractivity contribution is 0.150. The van der Waals surface area contributed by atoms with Crippen LogP contribution in [0.15, 0.2) is 22.7 Å². The van der Waals surface area contributed by atoms with Crippen LogP contribution >= 0.6 is 15.9 Å². The zero-order chi connectivity index (χ0) is 13.0. The zero-order valence-electron chi connectivity index (χ0n) is 10.5. The fraction of sp³-hybridized carbons (Fsp3) is 0.600. The SMILES string of the molecule is OC(CCC1CCCCC1)c1cccc(F)c1Br. The molecule has 2 rings (SSSR count). The van der Waals surface area contributed by atoms with Crippen molar-refractivity contribution in [2.24, 2.45) is 5.92 Å². The molecule has 1 fully saturated rings. The Morgan fingerprint density at radius 2 is 2.00 bits per heavy atom. The number of aliphatic hydroxyl groups excluding tert-OH is 1. The minimum atomic E-state index is -0.558. The van der Waals surface area contributed by atoms with Gasteiger partial charge in [0.05, 0.1) is 10.6 Å². The fourth-order valence-electron chi connectivity index (χ4n) is 2.80. The van der Waals surface area contributed by atoms with Gasteiger partial charge in [0.1, 0.15) is 5.82 Å². The van der Waals surface area contributed by atoms with Gasteiger partial charge in [0.2, 0.25) is 0 Å². The van der Waals surface area contributed by atoms with Gasteiger partial charge in [-0.1, -0.05) is 44.2 Å². The molecule has 0 amide bonds. The molecule has 0 aliphatic heterocycles. The molecule has 1 atom stereocenters. The maximum atomic E-state index is 13.4. The van der Waals surface area contributed by atoms with Crippen molar-refractivity contribution in [3.8, 4) is 0 Å². The van der Waals surface area contributed by atoms with E-state index < -0.39 is 6.10 Å². The molecule has 0 saturated heterocycles. The molecule has 0 aromatic heterocycles. The van der Waals surface area contributed by atoms with Crippen LogP contribution in [0.25, 0.3) is 0 Å². The summed E-state index contributed by atoms with van der Waals surface area (Å²) in [4.78, 5) is 0. The van der Waals surface area contributed by atoms with E-state index in [1.54, 1.807) is 12.1 Å². The first-order valence-electron chi connectivity index (χ1n) is 6.80. The number of halogens is 2. The molecular formula is C15H20BrFO. The molecule has 0 heterocycles. The summed E-state index contributed by atoms with van der Waals surface area (Å²) in [5, 5.41) is 10.2.